The number of hydrogen-bond acceptors (Lipinski definition) is 4. The molecule has 0 amide bonds. The van der Waals surface area contributed by atoms with Crippen LogP contribution < -0.4 is 0 Å². The van der Waals surface area contributed by atoms with E-state index in [4.69, 9.17) is 10.00 Å². The molecule has 0 aliphatic rings. The summed E-state index contributed by atoms with van der Waals surface area (Å²) in [4.78, 5) is 11.5. The van der Waals surface area contributed by atoms with Gasteiger partial charge in [0.1, 0.15) is 0 Å². The number of alkyl halides is 3. The first kappa shape index (κ1) is 15.4. The van der Waals surface area contributed by atoms with Gasteiger partial charge in [-0.15, -0.1) is 0 Å². The summed E-state index contributed by atoms with van der Waals surface area (Å²) in [5.74, 6) is -0.735. The van der Waals surface area contributed by atoms with Crippen LogP contribution in [-0.2, 0) is 4.74 Å². The van der Waals surface area contributed by atoms with Gasteiger partial charge in [0.15, 0.2) is 0 Å². The summed E-state index contributed by atoms with van der Waals surface area (Å²) in [6.45, 7) is 3.09. The molecule has 19 heavy (non-hydrogen) atoms. The Bertz CT molecular complexity index is 535. The second-order valence-electron chi connectivity index (χ2n) is 3.53. The van der Waals surface area contributed by atoms with Gasteiger partial charge in [0.2, 0.25) is 0 Å². The molecule has 0 bridgehead atoms. The Morgan fingerprint density at radius 2 is 2.11 bits per heavy atom. The molecule has 0 saturated carbocycles. The zero-order chi connectivity index (χ0) is 14.6. The lowest BCUT2D eigenvalue weighted by atomic mass is 10.1. The van der Waals surface area contributed by atoms with Crippen LogP contribution in [0.1, 0.15) is 28.4 Å². The topological polar surface area (TPSA) is 50.1 Å². The van der Waals surface area contributed by atoms with Gasteiger partial charge >= 0.3 is 11.5 Å². The lowest BCUT2D eigenvalue weighted by Crippen LogP contribution is -2.09. The predicted octanol–water partition coefficient (Wildman–Crippen LogP) is 3.66. The predicted molar refractivity (Wildman–Crippen MR) is 63.8 cm³/mol. The largest absolute Gasteiger partial charge is 0.462 e. The maximum absolute atomic E-state index is 12.4. The van der Waals surface area contributed by atoms with E-state index < -0.39 is 11.5 Å². The van der Waals surface area contributed by atoms with E-state index in [1.165, 1.54) is 13.0 Å². The second kappa shape index (κ2) is 5.97. The Hall–Kier alpha value is -1.68. The molecule has 3 nitrogen and oxygen atoms in total. The summed E-state index contributed by atoms with van der Waals surface area (Å²) in [6.07, 6.45) is 0. The van der Waals surface area contributed by atoms with Crippen molar-refractivity contribution in [3.8, 4) is 6.07 Å². The molecular weight excluding hydrogens is 279 g/mol. The maximum atomic E-state index is 12.4. The summed E-state index contributed by atoms with van der Waals surface area (Å²) >= 11 is -0.352. The van der Waals surface area contributed by atoms with Crippen LogP contribution in [0.2, 0.25) is 0 Å². The number of nitrogens with zero attached hydrogens (tertiary/aromatic N) is 1. The van der Waals surface area contributed by atoms with Gasteiger partial charge in [-0.05, 0) is 43.3 Å². The van der Waals surface area contributed by atoms with E-state index in [0.717, 1.165) is 6.07 Å². The van der Waals surface area contributed by atoms with Crippen LogP contribution in [0.15, 0.2) is 17.0 Å². The Morgan fingerprint density at radius 3 is 2.58 bits per heavy atom. The second-order valence-corrected chi connectivity index (χ2v) is 4.63. The van der Waals surface area contributed by atoms with E-state index in [1.54, 1.807) is 13.0 Å². The van der Waals surface area contributed by atoms with E-state index >= 15 is 0 Å². The van der Waals surface area contributed by atoms with Crippen molar-refractivity contribution in [1.29, 1.82) is 5.26 Å². The van der Waals surface area contributed by atoms with Crippen molar-refractivity contribution in [3.63, 3.8) is 0 Å². The van der Waals surface area contributed by atoms with Gasteiger partial charge in [0.05, 0.1) is 23.8 Å². The molecule has 1 aromatic rings. The number of rotatable bonds is 3. The zero-order valence-corrected chi connectivity index (χ0v) is 11.0. The molecule has 102 valence electrons. The fourth-order valence-corrected chi connectivity index (χ4v) is 2.10. The first-order valence-electron chi connectivity index (χ1n) is 5.26. The van der Waals surface area contributed by atoms with Crippen LogP contribution in [0, 0.1) is 18.3 Å². The third-order valence-corrected chi connectivity index (χ3v) is 3.09. The van der Waals surface area contributed by atoms with E-state index in [9.17, 15) is 18.0 Å². The number of carbonyl (C=O) groups excluding carboxylic acids is 1. The Morgan fingerprint density at radius 1 is 1.47 bits per heavy atom. The molecule has 0 saturated heterocycles. The fraction of sp³-hybridized carbons (Fsp3) is 0.333. The molecule has 0 radical (unpaired) electrons. The molecule has 7 heteroatoms. The maximum Gasteiger partial charge on any atom is 0.446 e. The van der Waals surface area contributed by atoms with Crippen LogP contribution in [0.25, 0.3) is 0 Å². The quantitative estimate of drug-likeness (QED) is 0.629. The number of hydrogen-bond donors (Lipinski definition) is 0. The average molecular weight is 289 g/mol. The van der Waals surface area contributed by atoms with Gasteiger partial charge in [-0.1, -0.05) is 0 Å². The number of nitriles is 1. The van der Waals surface area contributed by atoms with Crippen molar-refractivity contribution in [1.82, 2.24) is 0 Å². The number of esters is 1. The number of halogens is 3. The third-order valence-electron chi connectivity index (χ3n) is 2.21. The van der Waals surface area contributed by atoms with Gasteiger partial charge in [-0.2, -0.15) is 18.4 Å². The van der Waals surface area contributed by atoms with Crippen LogP contribution >= 0.6 is 11.8 Å². The molecule has 0 fully saturated rings. The molecule has 0 aromatic heterocycles. The normalized spacial score (nSPS) is 10.9. The van der Waals surface area contributed by atoms with Gasteiger partial charge in [-0.3, -0.25) is 0 Å². The minimum absolute atomic E-state index is 0.0135. The molecule has 0 unspecified atom stereocenters. The Kier molecular flexibility index (Phi) is 4.84. The van der Waals surface area contributed by atoms with Crippen molar-refractivity contribution in [2.75, 3.05) is 6.61 Å². The van der Waals surface area contributed by atoms with Crippen molar-refractivity contribution in [2.24, 2.45) is 0 Å². The van der Waals surface area contributed by atoms with Crippen LogP contribution in [-0.4, -0.2) is 18.1 Å². The molecule has 0 heterocycles. The van der Waals surface area contributed by atoms with E-state index in [0.29, 0.717) is 0 Å². The van der Waals surface area contributed by atoms with E-state index in [2.05, 4.69) is 0 Å². The molecule has 0 spiro atoms. The minimum Gasteiger partial charge on any atom is -0.462 e. The van der Waals surface area contributed by atoms with Crippen LogP contribution in [0.3, 0.4) is 0 Å². The third kappa shape index (κ3) is 4.17. The highest BCUT2D eigenvalue weighted by atomic mass is 32.2. The summed E-state index contributed by atoms with van der Waals surface area (Å²) < 4.78 is 42.0. The Balaban J connectivity index is 3.29. The van der Waals surface area contributed by atoms with Gasteiger partial charge < -0.3 is 4.74 Å². The zero-order valence-electron chi connectivity index (χ0n) is 10.2. The summed E-state index contributed by atoms with van der Waals surface area (Å²) in [7, 11) is 0. The SMILES string of the molecule is CCOC(=O)c1cc(C#N)cc(SC(F)(F)F)c1C. The van der Waals surface area contributed by atoms with Gasteiger partial charge in [0.25, 0.3) is 0 Å². The number of carbonyl (C=O) groups is 1. The molecule has 0 aliphatic carbocycles. The summed E-state index contributed by atoms with van der Waals surface area (Å²) in [5.41, 5.74) is -4.36. The summed E-state index contributed by atoms with van der Waals surface area (Å²) in [6, 6.07) is 4.07. The lowest BCUT2D eigenvalue weighted by Gasteiger charge is -2.12. The fourth-order valence-electron chi connectivity index (χ4n) is 1.40. The van der Waals surface area contributed by atoms with Crippen LogP contribution in [0.4, 0.5) is 13.2 Å². The molecule has 0 N–H and O–H groups in total. The smallest absolute Gasteiger partial charge is 0.446 e. The first-order valence-corrected chi connectivity index (χ1v) is 6.07. The number of ether oxygens (including phenoxy) is 1. The van der Waals surface area contributed by atoms with Gasteiger partial charge in [-0.25, -0.2) is 4.79 Å². The van der Waals surface area contributed by atoms with Crippen molar-refractivity contribution in [3.05, 3.63) is 28.8 Å². The summed E-state index contributed by atoms with van der Waals surface area (Å²) in [5, 5.41) is 8.79. The highest BCUT2D eigenvalue weighted by molar-refractivity contribution is 8.00. The molecule has 0 atom stereocenters. The monoisotopic (exact) mass is 289 g/mol. The average Bonchev–Trinajstić information content (AvgIpc) is 2.30. The van der Waals surface area contributed by atoms with Crippen molar-refractivity contribution in [2.45, 2.75) is 24.3 Å². The Labute approximate surface area is 112 Å². The highest BCUT2D eigenvalue weighted by Crippen LogP contribution is 2.39. The molecular formula is C12H10F3NO2S. The molecule has 1 aromatic carbocycles. The van der Waals surface area contributed by atoms with Crippen molar-refractivity contribution < 1.29 is 22.7 Å². The number of thioether (sulfide) groups is 1. The lowest BCUT2D eigenvalue weighted by molar-refractivity contribution is -0.0328. The van der Waals surface area contributed by atoms with Gasteiger partial charge in [0, 0.05) is 4.90 Å². The molecule has 1 rings (SSSR count). The minimum atomic E-state index is -4.48. The van der Waals surface area contributed by atoms with Crippen LogP contribution in [0.5, 0.6) is 0 Å². The highest BCUT2D eigenvalue weighted by Gasteiger charge is 2.31. The standard InChI is InChI=1S/C12H10F3NO2S/c1-3-18-11(17)9-4-8(6-16)5-10(7(9)2)19-12(13,14)15/h4-5H,3H2,1-2H3. The number of benzene rings is 1. The van der Waals surface area contributed by atoms with Crippen molar-refractivity contribution >= 4 is 17.7 Å². The molecule has 0 aliphatic heterocycles. The van der Waals surface area contributed by atoms with E-state index in [-0.39, 0.29) is 40.0 Å². The first-order chi connectivity index (χ1) is 8.78. The van der Waals surface area contributed by atoms with E-state index in [1.807, 2.05) is 0 Å².